The van der Waals surface area contributed by atoms with Gasteiger partial charge in [0.25, 0.3) is 11.7 Å². The molecule has 0 bridgehead atoms. The Morgan fingerprint density at radius 2 is 1.97 bits per heavy atom. The van der Waals surface area contributed by atoms with E-state index in [9.17, 15) is 4.79 Å². The highest BCUT2D eigenvalue weighted by atomic mass is 32.2. The molecule has 1 unspecified atom stereocenters. The van der Waals surface area contributed by atoms with Crippen molar-refractivity contribution in [3.63, 3.8) is 0 Å². The van der Waals surface area contributed by atoms with Crippen molar-refractivity contribution in [2.24, 2.45) is 0 Å². The lowest BCUT2D eigenvalue weighted by atomic mass is 10.1. The molecule has 4 aromatic rings. The van der Waals surface area contributed by atoms with Crippen LogP contribution in [0.3, 0.4) is 0 Å². The van der Waals surface area contributed by atoms with Crippen molar-refractivity contribution < 1.29 is 4.79 Å². The monoisotopic (exact) mass is 494 g/mol. The molecule has 0 radical (unpaired) electrons. The van der Waals surface area contributed by atoms with Gasteiger partial charge in [0.05, 0.1) is 6.04 Å². The fraction of sp³-hybridized carbons (Fsp3) is 0.360. The maximum Gasteiger partial charge on any atom is 0.253 e. The summed E-state index contributed by atoms with van der Waals surface area (Å²) in [5, 5.41) is 12.7. The van der Waals surface area contributed by atoms with Crippen molar-refractivity contribution in [3.05, 3.63) is 75.2 Å². The van der Waals surface area contributed by atoms with Crippen molar-refractivity contribution in [2.45, 2.75) is 44.6 Å². The van der Waals surface area contributed by atoms with Crippen LogP contribution in [0.25, 0.3) is 5.78 Å². The third-order valence-corrected chi connectivity index (χ3v) is 7.44. The molecule has 1 aromatic carbocycles. The second-order valence-corrected chi connectivity index (χ2v) is 9.82. The number of nitrogens with zero attached hydrogens (tertiary/aromatic N) is 5. The van der Waals surface area contributed by atoms with E-state index in [1.165, 1.54) is 17.3 Å². The molecule has 0 aliphatic rings. The normalized spacial score (nSPS) is 12.4. The number of thioether (sulfide) groups is 1. The zero-order valence-electron chi connectivity index (χ0n) is 20.0. The highest BCUT2D eigenvalue weighted by Gasteiger charge is 2.20. The summed E-state index contributed by atoms with van der Waals surface area (Å²) in [5.41, 5.74) is 4.80. The molecule has 178 valence electrons. The topological polar surface area (TPSA) is 75.4 Å². The number of thiophene rings is 1. The van der Waals surface area contributed by atoms with Gasteiger partial charge in [-0.3, -0.25) is 9.69 Å². The second kappa shape index (κ2) is 11.1. The first-order valence-corrected chi connectivity index (χ1v) is 13.4. The fourth-order valence-electron chi connectivity index (χ4n) is 4.09. The summed E-state index contributed by atoms with van der Waals surface area (Å²) in [6, 6.07) is 12.0. The van der Waals surface area contributed by atoms with E-state index < -0.39 is 0 Å². The lowest BCUT2D eigenvalue weighted by Crippen LogP contribution is -2.38. The van der Waals surface area contributed by atoms with Crippen LogP contribution in [0.4, 0.5) is 0 Å². The number of amides is 1. The Bertz CT molecular complexity index is 1250. The molecule has 0 saturated carbocycles. The van der Waals surface area contributed by atoms with Gasteiger partial charge in [-0.15, -0.1) is 5.10 Å². The molecule has 0 spiro atoms. The summed E-state index contributed by atoms with van der Waals surface area (Å²) in [7, 11) is 0. The largest absolute Gasteiger partial charge is 0.350 e. The first kappa shape index (κ1) is 24.4. The molecule has 1 N–H and O–H groups in total. The van der Waals surface area contributed by atoms with E-state index in [-0.39, 0.29) is 11.9 Å². The van der Waals surface area contributed by atoms with E-state index in [1.807, 2.05) is 44.2 Å². The Labute approximate surface area is 208 Å². The van der Waals surface area contributed by atoms with Crippen LogP contribution in [0.1, 0.15) is 52.8 Å². The van der Waals surface area contributed by atoms with Crippen LogP contribution in [-0.2, 0) is 5.75 Å². The van der Waals surface area contributed by atoms with Crippen LogP contribution in [-0.4, -0.2) is 50.0 Å². The molecule has 0 fully saturated rings. The van der Waals surface area contributed by atoms with Crippen molar-refractivity contribution in [3.8, 4) is 0 Å². The minimum Gasteiger partial charge on any atom is -0.350 e. The van der Waals surface area contributed by atoms with Crippen molar-refractivity contribution in [1.29, 1.82) is 0 Å². The van der Waals surface area contributed by atoms with Gasteiger partial charge in [0.1, 0.15) is 0 Å². The predicted molar refractivity (Wildman–Crippen MR) is 139 cm³/mol. The predicted octanol–water partition coefficient (Wildman–Crippen LogP) is 4.91. The highest BCUT2D eigenvalue weighted by Crippen LogP contribution is 2.24. The molecule has 7 nitrogen and oxygen atoms in total. The molecule has 0 aliphatic carbocycles. The molecule has 9 heteroatoms. The number of fused-ring (bicyclic) bond motifs is 1. The lowest BCUT2D eigenvalue weighted by Gasteiger charge is -2.29. The summed E-state index contributed by atoms with van der Waals surface area (Å²) < 4.78 is 1.76. The van der Waals surface area contributed by atoms with Gasteiger partial charge in [-0.25, -0.2) is 9.50 Å². The SMILES string of the molecule is CCN(CC)C(CNC(=O)c1ccccc1CSc1nc2nc(C)cc(C)n2n1)c1ccsc1. The van der Waals surface area contributed by atoms with Crippen molar-refractivity contribution in [1.82, 2.24) is 29.8 Å². The number of carbonyl (C=O) groups excluding carboxylic acids is 1. The Hall–Kier alpha value is -2.75. The van der Waals surface area contributed by atoms with Gasteiger partial charge in [-0.05, 0) is 67.0 Å². The molecule has 34 heavy (non-hydrogen) atoms. The van der Waals surface area contributed by atoms with Gasteiger partial charge in [0.15, 0.2) is 0 Å². The van der Waals surface area contributed by atoms with E-state index in [4.69, 9.17) is 0 Å². The number of likely N-dealkylation sites (N-methyl/N-ethyl adjacent to an activating group) is 1. The second-order valence-electron chi connectivity index (χ2n) is 8.09. The molecule has 1 atom stereocenters. The van der Waals surface area contributed by atoms with Gasteiger partial charge in [-0.2, -0.15) is 16.3 Å². The van der Waals surface area contributed by atoms with Gasteiger partial charge in [0.2, 0.25) is 5.16 Å². The molecule has 1 amide bonds. The maximum absolute atomic E-state index is 13.2. The van der Waals surface area contributed by atoms with Crippen LogP contribution in [0.5, 0.6) is 0 Å². The van der Waals surface area contributed by atoms with Crippen LogP contribution in [0.15, 0.2) is 52.3 Å². The molecule has 4 rings (SSSR count). The lowest BCUT2D eigenvalue weighted by molar-refractivity contribution is 0.0934. The summed E-state index contributed by atoms with van der Waals surface area (Å²) >= 11 is 3.20. The van der Waals surface area contributed by atoms with E-state index in [2.05, 4.69) is 56.0 Å². The number of nitrogens with one attached hydrogen (secondary N) is 1. The maximum atomic E-state index is 13.2. The molecular formula is C25H30N6OS2. The van der Waals surface area contributed by atoms with Crippen molar-refractivity contribution in [2.75, 3.05) is 19.6 Å². The van der Waals surface area contributed by atoms with E-state index in [0.29, 0.717) is 28.8 Å². The van der Waals surface area contributed by atoms with E-state index in [1.54, 1.807) is 15.9 Å². The van der Waals surface area contributed by atoms with Crippen LogP contribution in [0.2, 0.25) is 0 Å². The fourth-order valence-corrected chi connectivity index (χ4v) is 5.62. The first-order chi connectivity index (χ1) is 16.5. The Kier molecular flexibility index (Phi) is 7.97. The quantitative estimate of drug-likeness (QED) is 0.316. The van der Waals surface area contributed by atoms with Crippen molar-refractivity contribution >= 4 is 34.8 Å². The van der Waals surface area contributed by atoms with Crippen LogP contribution in [0, 0.1) is 13.8 Å². The summed E-state index contributed by atoms with van der Waals surface area (Å²) in [4.78, 5) is 24.6. The minimum atomic E-state index is -0.0558. The number of hydrogen-bond acceptors (Lipinski definition) is 7. The number of benzene rings is 1. The van der Waals surface area contributed by atoms with Gasteiger partial charge in [-0.1, -0.05) is 43.8 Å². The standard InChI is InChI=1S/C25H30N6OS2/c1-5-30(6-2)22(20-11-12-33-15-20)14-26-23(32)21-10-8-7-9-19(21)16-34-25-28-24-27-17(3)13-18(4)31(24)29-25/h7-13,15,22H,5-6,14,16H2,1-4H3,(H,26,32). The number of hydrogen-bond donors (Lipinski definition) is 1. The number of carbonyl (C=O) groups is 1. The third-order valence-electron chi connectivity index (χ3n) is 5.85. The van der Waals surface area contributed by atoms with Gasteiger partial charge >= 0.3 is 0 Å². The highest BCUT2D eigenvalue weighted by molar-refractivity contribution is 7.98. The molecule has 0 aliphatic heterocycles. The van der Waals surface area contributed by atoms with E-state index in [0.717, 1.165) is 30.0 Å². The number of aromatic nitrogens is 4. The van der Waals surface area contributed by atoms with Crippen LogP contribution >= 0.6 is 23.1 Å². The van der Waals surface area contributed by atoms with Gasteiger partial charge < -0.3 is 5.32 Å². The number of aryl methyl sites for hydroxylation is 2. The summed E-state index contributed by atoms with van der Waals surface area (Å²) in [5.74, 6) is 1.14. The average Bonchev–Trinajstić information content (AvgIpc) is 3.50. The average molecular weight is 495 g/mol. The smallest absolute Gasteiger partial charge is 0.253 e. The Morgan fingerprint density at radius 3 is 2.71 bits per heavy atom. The molecule has 0 saturated heterocycles. The van der Waals surface area contributed by atoms with Crippen LogP contribution < -0.4 is 5.32 Å². The minimum absolute atomic E-state index is 0.0558. The third kappa shape index (κ3) is 5.48. The Balaban J connectivity index is 1.46. The zero-order valence-corrected chi connectivity index (χ0v) is 21.6. The molecular weight excluding hydrogens is 464 g/mol. The summed E-state index contributed by atoms with van der Waals surface area (Å²) in [6.45, 7) is 10.7. The molecule has 3 heterocycles. The number of rotatable bonds is 10. The van der Waals surface area contributed by atoms with E-state index >= 15 is 0 Å². The Morgan fingerprint density at radius 1 is 1.18 bits per heavy atom. The van der Waals surface area contributed by atoms with Gasteiger partial charge in [0, 0.05) is 29.2 Å². The first-order valence-electron chi connectivity index (χ1n) is 11.5. The molecule has 3 aromatic heterocycles. The summed E-state index contributed by atoms with van der Waals surface area (Å²) in [6.07, 6.45) is 0. The zero-order chi connectivity index (χ0) is 24.1.